The number of nitrogens with one attached hydrogen (secondary N) is 2. The number of hydrogen-bond acceptors (Lipinski definition) is 5. The molecule has 0 amide bonds. The maximum Gasteiger partial charge on any atom is 0.276 e. The molecule has 1 aromatic heterocycles. The SMILES string of the molecule is CNc1cc([N+](=O)[O-])cc(NC(C2CC2)C2CC2)n1. The summed E-state index contributed by atoms with van der Waals surface area (Å²) in [6.07, 6.45) is 5.06. The standard InChI is InChI=1S/C13H18N4O2/c1-14-11-6-10(17(18)19)7-12(15-11)16-13(8-2-3-8)9-4-5-9/h6-9,13H,2-5H2,1H3,(H2,14,15,16). The summed E-state index contributed by atoms with van der Waals surface area (Å²) in [7, 11) is 1.72. The number of rotatable bonds is 6. The zero-order valence-corrected chi connectivity index (χ0v) is 10.9. The van der Waals surface area contributed by atoms with Gasteiger partial charge in [-0.2, -0.15) is 0 Å². The van der Waals surface area contributed by atoms with Gasteiger partial charge in [0.05, 0.1) is 17.1 Å². The van der Waals surface area contributed by atoms with Crippen LogP contribution in [-0.4, -0.2) is 23.0 Å². The smallest absolute Gasteiger partial charge is 0.276 e. The minimum absolute atomic E-state index is 0.0761. The Kier molecular flexibility index (Phi) is 3.00. The van der Waals surface area contributed by atoms with Gasteiger partial charge in [0.1, 0.15) is 11.6 Å². The molecule has 6 nitrogen and oxygen atoms in total. The van der Waals surface area contributed by atoms with Crippen molar-refractivity contribution in [2.24, 2.45) is 11.8 Å². The summed E-state index contributed by atoms with van der Waals surface area (Å²) in [6.45, 7) is 0. The number of nitro groups is 1. The van der Waals surface area contributed by atoms with Gasteiger partial charge in [0.2, 0.25) is 0 Å². The zero-order valence-electron chi connectivity index (χ0n) is 10.9. The summed E-state index contributed by atoms with van der Waals surface area (Å²) in [4.78, 5) is 14.9. The van der Waals surface area contributed by atoms with E-state index in [4.69, 9.17) is 0 Å². The lowest BCUT2D eigenvalue weighted by Gasteiger charge is -2.18. The Labute approximate surface area is 111 Å². The van der Waals surface area contributed by atoms with Crippen molar-refractivity contribution >= 4 is 17.3 Å². The topological polar surface area (TPSA) is 80.1 Å². The van der Waals surface area contributed by atoms with Crippen molar-refractivity contribution in [1.29, 1.82) is 0 Å². The lowest BCUT2D eigenvalue weighted by molar-refractivity contribution is -0.384. The van der Waals surface area contributed by atoms with Gasteiger partial charge in [-0.3, -0.25) is 10.1 Å². The highest BCUT2D eigenvalue weighted by molar-refractivity contribution is 5.55. The summed E-state index contributed by atoms with van der Waals surface area (Å²) in [5.41, 5.74) is 0.0761. The Morgan fingerprint density at radius 2 is 1.84 bits per heavy atom. The molecule has 19 heavy (non-hydrogen) atoms. The van der Waals surface area contributed by atoms with E-state index >= 15 is 0 Å². The lowest BCUT2D eigenvalue weighted by atomic mass is 10.1. The van der Waals surface area contributed by atoms with Crippen LogP contribution in [0, 0.1) is 22.0 Å². The number of hydrogen-bond donors (Lipinski definition) is 2. The van der Waals surface area contributed by atoms with Gasteiger partial charge in [-0.15, -0.1) is 0 Å². The third kappa shape index (κ3) is 2.77. The predicted octanol–water partition coefficient (Wildman–Crippen LogP) is 2.63. The van der Waals surface area contributed by atoms with E-state index in [-0.39, 0.29) is 10.6 Å². The fraction of sp³-hybridized carbons (Fsp3) is 0.615. The molecule has 0 radical (unpaired) electrons. The fourth-order valence-corrected chi connectivity index (χ4v) is 2.53. The molecule has 2 fully saturated rings. The highest BCUT2D eigenvalue weighted by atomic mass is 16.6. The van der Waals surface area contributed by atoms with Crippen LogP contribution in [0.1, 0.15) is 25.7 Å². The van der Waals surface area contributed by atoms with Gasteiger partial charge in [0, 0.05) is 13.1 Å². The van der Waals surface area contributed by atoms with E-state index < -0.39 is 0 Å². The first-order chi connectivity index (χ1) is 9.17. The van der Waals surface area contributed by atoms with E-state index in [1.165, 1.54) is 37.8 Å². The zero-order chi connectivity index (χ0) is 13.4. The van der Waals surface area contributed by atoms with E-state index in [0.717, 1.165) is 11.8 Å². The average molecular weight is 262 g/mol. The summed E-state index contributed by atoms with van der Waals surface area (Å²) >= 11 is 0. The second-order valence-corrected chi connectivity index (χ2v) is 5.45. The van der Waals surface area contributed by atoms with Crippen LogP contribution < -0.4 is 10.6 Å². The molecule has 2 saturated carbocycles. The van der Waals surface area contributed by atoms with Crippen molar-refractivity contribution in [3.8, 4) is 0 Å². The summed E-state index contributed by atoms with van der Waals surface area (Å²) in [6, 6.07) is 3.42. The van der Waals surface area contributed by atoms with Crippen LogP contribution in [0.25, 0.3) is 0 Å². The molecular weight excluding hydrogens is 244 g/mol. The summed E-state index contributed by atoms with van der Waals surface area (Å²) in [5.74, 6) is 2.60. The Balaban J connectivity index is 1.82. The van der Waals surface area contributed by atoms with E-state index in [1.54, 1.807) is 7.05 Å². The molecule has 6 heteroatoms. The predicted molar refractivity (Wildman–Crippen MR) is 73.3 cm³/mol. The largest absolute Gasteiger partial charge is 0.373 e. The number of nitrogens with zero attached hydrogens (tertiary/aromatic N) is 2. The average Bonchev–Trinajstić information content (AvgIpc) is 3.28. The molecule has 2 aliphatic rings. The minimum atomic E-state index is -0.378. The Hall–Kier alpha value is -1.85. The van der Waals surface area contributed by atoms with Gasteiger partial charge in [-0.05, 0) is 37.5 Å². The Morgan fingerprint density at radius 1 is 1.26 bits per heavy atom. The quantitative estimate of drug-likeness (QED) is 0.608. The molecule has 1 heterocycles. The first-order valence-electron chi connectivity index (χ1n) is 6.78. The van der Waals surface area contributed by atoms with Gasteiger partial charge in [0.25, 0.3) is 5.69 Å². The molecule has 0 spiro atoms. The van der Waals surface area contributed by atoms with Crippen molar-refractivity contribution in [2.75, 3.05) is 17.7 Å². The normalized spacial score (nSPS) is 18.4. The molecule has 0 aliphatic heterocycles. The van der Waals surface area contributed by atoms with Gasteiger partial charge >= 0.3 is 0 Å². The Bertz CT molecular complexity index is 485. The molecule has 3 rings (SSSR count). The molecule has 0 atom stereocenters. The van der Waals surface area contributed by atoms with Crippen LogP contribution in [0.15, 0.2) is 12.1 Å². The summed E-state index contributed by atoms with van der Waals surface area (Å²) < 4.78 is 0. The molecule has 2 aliphatic carbocycles. The van der Waals surface area contributed by atoms with Gasteiger partial charge < -0.3 is 10.6 Å². The third-order valence-electron chi connectivity index (χ3n) is 3.85. The van der Waals surface area contributed by atoms with E-state index in [0.29, 0.717) is 17.7 Å². The maximum atomic E-state index is 10.9. The van der Waals surface area contributed by atoms with Crippen LogP contribution in [0.4, 0.5) is 17.3 Å². The summed E-state index contributed by atoms with van der Waals surface area (Å²) in [5, 5.41) is 17.2. The highest BCUT2D eigenvalue weighted by Crippen LogP contribution is 2.45. The number of aromatic nitrogens is 1. The number of anilines is 2. The molecule has 0 unspecified atom stereocenters. The fourth-order valence-electron chi connectivity index (χ4n) is 2.53. The van der Waals surface area contributed by atoms with E-state index in [2.05, 4.69) is 15.6 Å². The molecule has 102 valence electrons. The van der Waals surface area contributed by atoms with Crippen molar-refractivity contribution in [2.45, 2.75) is 31.7 Å². The molecule has 1 aromatic rings. The molecule has 0 saturated heterocycles. The third-order valence-corrected chi connectivity index (χ3v) is 3.85. The second-order valence-electron chi connectivity index (χ2n) is 5.45. The van der Waals surface area contributed by atoms with Crippen molar-refractivity contribution < 1.29 is 4.92 Å². The lowest BCUT2D eigenvalue weighted by Crippen LogP contribution is -2.25. The van der Waals surface area contributed by atoms with Crippen LogP contribution in [0.3, 0.4) is 0 Å². The van der Waals surface area contributed by atoms with E-state index in [9.17, 15) is 10.1 Å². The minimum Gasteiger partial charge on any atom is -0.373 e. The van der Waals surface area contributed by atoms with Gasteiger partial charge in [0.15, 0.2) is 0 Å². The maximum absolute atomic E-state index is 10.9. The van der Waals surface area contributed by atoms with Crippen LogP contribution >= 0.6 is 0 Å². The molecular formula is C13H18N4O2. The van der Waals surface area contributed by atoms with Gasteiger partial charge in [-0.1, -0.05) is 0 Å². The first kappa shape index (κ1) is 12.2. The molecule has 0 aromatic carbocycles. The van der Waals surface area contributed by atoms with Crippen LogP contribution in [0.5, 0.6) is 0 Å². The number of pyridine rings is 1. The van der Waals surface area contributed by atoms with Crippen molar-refractivity contribution in [3.63, 3.8) is 0 Å². The first-order valence-corrected chi connectivity index (χ1v) is 6.78. The van der Waals surface area contributed by atoms with E-state index in [1.807, 2.05) is 0 Å². The molecule has 0 bridgehead atoms. The monoisotopic (exact) mass is 262 g/mol. The van der Waals surface area contributed by atoms with Crippen molar-refractivity contribution in [3.05, 3.63) is 22.2 Å². The van der Waals surface area contributed by atoms with Crippen LogP contribution in [-0.2, 0) is 0 Å². The van der Waals surface area contributed by atoms with Crippen molar-refractivity contribution in [1.82, 2.24) is 4.98 Å². The second kappa shape index (κ2) is 4.68. The Morgan fingerprint density at radius 3 is 2.32 bits per heavy atom. The van der Waals surface area contributed by atoms with Gasteiger partial charge in [-0.25, -0.2) is 4.98 Å². The molecule has 2 N–H and O–H groups in total. The van der Waals surface area contributed by atoms with Crippen LogP contribution in [0.2, 0.25) is 0 Å². The highest BCUT2D eigenvalue weighted by Gasteiger charge is 2.41.